The van der Waals surface area contributed by atoms with Crippen LogP contribution in [0.3, 0.4) is 0 Å². The standard InChI is InChI=1S/C19H29N5O/c1-3-23-13-16(9-21-23)10-22-11-17(12-22)14-24-15(2)8-20-19(24)18-4-6-25-7-5-18/h8-9,13,17-18H,3-7,10-12,14H2,1-2H3. The molecule has 0 saturated carbocycles. The molecule has 0 aromatic carbocycles. The second-order valence-electron chi connectivity index (χ2n) is 7.52. The molecule has 0 atom stereocenters. The molecule has 6 heteroatoms. The number of hydrogen-bond donors (Lipinski definition) is 0. The average molecular weight is 343 g/mol. The van der Waals surface area contributed by atoms with Gasteiger partial charge in [0.25, 0.3) is 0 Å². The molecule has 0 N–H and O–H groups in total. The van der Waals surface area contributed by atoms with E-state index in [1.807, 2.05) is 17.1 Å². The number of likely N-dealkylation sites (tertiary alicyclic amines) is 1. The summed E-state index contributed by atoms with van der Waals surface area (Å²) in [6, 6.07) is 0. The molecule has 136 valence electrons. The van der Waals surface area contributed by atoms with Crippen molar-refractivity contribution < 1.29 is 4.74 Å². The molecule has 0 aliphatic carbocycles. The molecular weight excluding hydrogens is 314 g/mol. The lowest BCUT2D eigenvalue weighted by atomic mass is 9.97. The van der Waals surface area contributed by atoms with Gasteiger partial charge in [-0.1, -0.05) is 0 Å². The maximum absolute atomic E-state index is 5.51. The highest BCUT2D eigenvalue weighted by atomic mass is 16.5. The number of ether oxygens (including phenoxy) is 1. The molecule has 2 aromatic rings. The first kappa shape index (κ1) is 16.8. The third-order valence-corrected chi connectivity index (χ3v) is 5.56. The van der Waals surface area contributed by atoms with E-state index in [4.69, 9.17) is 9.72 Å². The highest BCUT2D eigenvalue weighted by Gasteiger charge is 2.29. The van der Waals surface area contributed by atoms with Crippen molar-refractivity contribution in [1.29, 1.82) is 0 Å². The van der Waals surface area contributed by atoms with Crippen LogP contribution in [-0.4, -0.2) is 50.5 Å². The Morgan fingerprint density at radius 3 is 2.72 bits per heavy atom. The predicted molar refractivity (Wildman–Crippen MR) is 96.4 cm³/mol. The van der Waals surface area contributed by atoms with Gasteiger partial charge in [-0.05, 0) is 26.7 Å². The summed E-state index contributed by atoms with van der Waals surface area (Å²) in [5.74, 6) is 2.58. The Balaban J connectivity index is 1.32. The van der Waals surface area contributed by atoms with Gasteiger partial charge in [0, 0.05) is 81.4 Å². The first-order valence-corrected chi connectivity index (χ1v) is 9.56. The topological polar surface area (TPSA) is 48.1 Å². The second kappa shape index (κ2) is 7.30. The quantitative estimate of drug-likeness (QED) is 0.808. The van der Waals surface area contributed by atoms with Crippen molar-refractivity contribution in [3.63, 3.8) is 0 Å². The summed E-state index contributed by atoms with van der Waals surface area (Å²) in [5.41, 5.74) is 2.62. The van der Waals surface area contributed by atoms with E-state index in [9.17, 15) is 0 Å². The van der Waals surface area contributed by atoms with Crippen LogP contribution in [0.15, 0.2) is 18.6 Å². The van der Waals surface area contributed by atoms with Gasteiger partial charge in [-0.15, -0.1) is 0 Å². The summed E-state index contributed by atoms with van der Waals surface area (Å²) in [7, 11) is 0. The Morgan fingerprint density at radius 1 is 1.20 bits per heavy atom. The minimum Gasteiger partial charge on any atom is -0.381 e. The lowest BCUT2D eigenvalue weighted by molar-refractivity contribution is 0.0727. The third-order valence-electron chi connectivity index (χ3n) is 5.56. The van der Waals surface area contributed by atoms with Crippen LogP contribution in [0, 0.1) is 12.8 Å². The molecule has 6 nitrogen and oxygen atoms in total. The number of aromatic nitrogens is 4. The summed E-state index contributed by atoms with van der Waals surface area (Å²) in [5, 5.41) is 4.37. The number of aryl methyl sites for hydroxylation is 2. The maximum Gasteiger partial charge on any atom is 0.112 e. The molecular formula is C19H29N5O. The Hall–Kier alpha value is -1.66. The van der Waals surface area contributed by atoms with Crippen molar-refractivity contribution in [3.05, 3.63) is 35.7 Å². The van der Waals surface area contributed by atoms with Crippen LogP contribution in [0.1, 0.15) is 42.8 Å². The van der Waals surface area contributed by atoms with Crippen LogP contribution in [0.2, 0.25) is 0 Å². The van der Waals surface area contributed by atoms with Gasteiger partial charge >= 0.3 is 0 Å². The summed E-state index contributed by atoms with van der Waals surface area (Å²) >= 11 is 0. The Morgan fingerprint density at radius 2 is 2.00 bits per heavy atom. The van der Waals surface area contributed by atoms with Gasteiger partial charge in [-0.3, -0.25) is 9.58 Å². The fourth-order valence-electron chi connectivity index (χ4n) is 4.10. The van der Waals surface area contributed by atoms with Crippen molar-refractivity contribution in [1.82, 2.24) is 24.2 Å². The van der Waals surface area contributed by atoms with Crippen LogP contribution in [-0.2, 0) is 24.4 Å². The van der Waals surface area contributed by atoms with Crippen molar-refractivity contribution in [2.24, 2.45) is 5.92 Å². The van der Waals surface area contributed by atoms with Crippen LogP contribution in [0.4, 0.5) is 0 Å². The Labute approximate surface area is 149 Å². The highest BCUT2D eigenvalue weighted by molar-refractivity contribution is 5.10. The smallest absolute Gasteiger partial charge is 0.112 e. The van der Waals surface area contributed by atoms with Crippen LogP contribution < -0.4 is 0 Å². The lowest BCUT2D eigenvalue weighted by Crippen LogP contribution is -2.47. The Bertz CT molecular complexity index is 694. The maximum atomic E-state index is 5.51. The van der Waals surface area contributed by atoms with Gasteiger partial charge in [0.1, 0.15) is 5.82 Å². The average Bonchev–Trinajstić information content (AvgIpc) is 3.21. The van der Waals surface area contributed by atoms with Gasteiger partial charge < -0.3 is 9.30 Å². The highest BCUT2D eigenvalue weighted by Crippen LogP contribution is 2.29. The van der Waals surface area contributed by atoms with E-state index in [2.05, 4.69) is 34.6 Å². The number of hydrogen-bond acceptors (Lipinski definition) is 4. The molecule has 0 amide bonds. The molecule has 0 spiro atoms. The fourth-order valence-corrected chi connectivity index (χ4v) is 4.10. The first-order valence-electron chi connectivity index (χ1n) is 9.56. The molecule has 2 aliphatic heterocycles. The van der Waals surface area contributed by atoms with E-state index in [0.717, 1.165) is 51.6 Å². The molecule has 2 aliphatic rings. The van der Waals surface area contributed by atoms with Crippen molar-refractivity contribution in [2.75, 3.05) is 26.3 Å². The molecule has 25 heavy (non-hydrogen) atoms. The molecule has 2 fully saturated rings. The molecule has 0 bridgehead atoms. The molecule has 4 rings (SSSR count). The zero-order valence-electron chi connectivity index (χ0n) is 15.4. The van der Waals surface area contributed by atoms with E-state index in [-0.39, 0.29) is 0 Å². The molecule has 0 unspecified atom stereocenters. The van der Waals surface area contributed by atoms with Gasteiger partial charge in [0.2, 0.25) is 0 Å². The summed E-state index contributed by atoms with van der Waals surface area (Å²) in [4.78, 5) is 7.25. The third kappa shape index (κ3) is 3.65. The largest absolute Gasteiger partial charge is 0.381 e. The molecule has 2 aromatic heterocycles. The lowest BCUT2D eigenvalue weighted by Gasteiger charge is -2.40. The molecule has 0 radical (unpaired) electrons. The predicted octanol–water partition coefficient (Wildman–Crippen LogP) is 2.43. The van der Waals surface area contributed by atoms with Gasteiger partial charge in [-0.25, -0.2) is 4.98 Å². The molecule has 4 heterocycles. The fraction of sp³-hybridized carbons (Fsp3) is 0.684. The van der Waals surface area contributed by atoms with Gasteiger partial charge in [0.15, 0.2) is 0 Å². The van der Waals surface area contributed by atoms with Crippen LogP contribution >= 0.6 is 0 Å². The second-order valence-corrected chi connectivity index (χ2v) is 7.52. The summed E-state index contributed by atoms with van der Waals surface area (Å²) in [6.07, 6.45) is 8.42. The van der Waals surface area contributed by atoms with E-state index < -0.39 is 0 Å². The van der Waals surface area contributed by atoms with Crippen molar-refractivity contribution >= 4 is 0 Å². The molecule has 2 saturated heterocycles. The summed E-state index contributed by atoms with van der Waals surface area (Å²) < 4.78 is 9.98. The summed E-state index contributed by atoms with van der Waals surface area (Å²) in [6.45, 7) is 11.5. The van der Waals surface area contributed by atoms with E-state index in [0.29, 0.717) is 5.92 Å². The van der Waals surface area contributed by atoms with Crippen molar-refractivity contribution in [3.8, 4) is 0 Å². The van der Waals surface area contributed by atoms with Gasteiger partial charge in [0.05, 0.1) is 6.20 Å². The number of imidazole rings is 1. The van der Waals surface area contributed by atoms with Crippen LogP contribution in [0.5, 0.6) is 0 Å². The number of nitrogens with zero attached hydrogens (tertiary/aromatic N) is 5. The zero-order chi connectivity index (χ0) is 17.2. The van der Waals surface area contributed by atoms with E-state index in [1.54, 1.807) is 0 Å². The zero-order valence-corrected chi connectivity index (χ0v) is 15.4. The minimum absolute atomic E-state index is 0.568. The van der Waals surface area contributed by atoms with Gasteiger partial charge in [-0.2, -0.15) is 5.10 Å². The monoisotopic (exact) mass is 343 g/mol. The van der Waals surface area contributed by atoms with Crippen molar-refractivity contribution in [2.45, 2.75) is 52.2 Å². The van der Waals surface area contributed by atoms with E-state index in [1.165, 1.54) is 30.2 Å². The normalized spacial score (nSPS) is 20.1. The first-order chi connectivity index (χ1) is 12.2. The van der Waals surface area contributed by atoms with Crippen LogP contribution in [0.25, 0.3) is 0 Å². The minimum atomic E-state index is 0.568. The SMILES string of the molecule is CCn1cc(CN2CC(Cn3c(C)cnc3C3CCOCC3)C2)cn1. The van der Waals surface area contributed by atoms with E-state index >= 15 is 0 Å². The Kier molecular flexibility index (Phi) is 4.90. The number of rotatable bonds is 6.